The molecule has 0 radical (unpaired) electrons. The van der Waals surface area contributed by atoms with Crippen LogP contribution in [0.25, 0.3) is 0 Å². The highest BCUT2D eigenvalue weighted by Crippen LogP contribution is 2.05. The molecule has 0 aliphatic rings. The summed E-state index contributed by atoms with van der Waals surface area (Å²) in [4.78, 5) is 0. The van der Waals surface area contributed by atoms with Crippen molar-refractivity contribution < 1.29 is 4.74 Å². The Bertz CT molecular complexity index is 213. The predicted octanol–water partition coefficient (Wildman–Crippen LogP) is 2.57. The molecule has 0 atom stereocenters. The smallest absolute Gasteiger partial charge is 0.0465 e. The average molecular weight is 164 g/mol. The molecule has 1 nitrogen and oxygen atoms in total. The van der Waals surface area contributed by atoms with Crippen molar-refractivity contribution in [3.63, 3.8) is 0 Å². The molecule has 1 aromatic rings. The summed E-state index contributed by atoms with van der Waals surface area (Å²) in [5.74, 6) is 0. The highest BCUT2D eigenvalue weighted by atomic mass is 16.5. The Morgan fingerprint density at radius 1 is 1.17 bits per heavy atom. The molecule has 0 aliphatic heterocycles. The van der Waals surface area contributed by atoms with E-state index in [4.69, 9.17) is 4.74 Å². The fourth-order valence-corrected chi connectivity index (χ4v) is 1.18. The highest BCUT2D eigenvalue weighted by Gasteiger charge is 1.91. The molecule has 0 fully saturated rings. The maximum absolute atomic E-state index is 4.99. The maximum Gasteiger partial charge on any atom is 0.0465 e. The maximum atomic E-state index is 4.99. The van der Waals surface area contributed by atoms with Gasteiger partial charge in [-0.25, -0.2) is 0 Å². The van der Waals surface area contributed by atoms with E-state index in [0.29, 0.717) is 0 Å². The van der Waals surface area contributed by atoms with Gasteiger partial charge in [-0.05, 0) is 25.3 Å². The SMILES string of the molecule is COCCCc1ccc(C)cc1. The van der Waals surface area contributed by atoms with Gasteiger partial charge in [-0.15, -0.1) is 0 Å². The van der Waals surface area contributed by atoms with Crippen LogP contribution in [0.2, 0.25) is 0 Å². The van der Waals surface area contributed by atoms with Crippen LogP contribution in [0.4, 0.5) is 0 Å². The summed E-state index contributed by atoms with van der Waals surface area (Å²) in [6.07, 6.45) is 2.23. The molecular formula is C11H16O. The molecule has 0 bridgehead atoms. The second-order valence-electron chi connectivity index (χ2n) is 3.08. The van der Waals surface area contributed by atoms with Crippen molar-refractivity contribution in [3.8, 4) is 0 Å². The summed E-state index contributed by atoms with van der Waals surface area (Å²) in [6.45, 7) is 2.97. The zero-order valence-corrected chi connectivity index (χ0v) is 7.84. The monoisotopic (exact) mass is 164 g/mol. The minimum Gasteiger partial charge on any atom is -0.385 e. The first-order valence-corrected chi connectivity index (χ1v) is 4.37. The number of hydrogen-bond acceptors (Lipinski definition) is 1. The molecule has 1 aromatic carbocycles. The molecule has 0 aliphatic carbocycles. The lowest BCUT2D eigenvalue weighted by molar-refractivity contribution is 0.195. The number of methoxy groups -OCH3 is 1. The summed E-state index contributed by atoms with van der Waals surface area (Å²) in [5, 5.41) is 0. The lowest BCUT2D eigenvalue weighted by atomic mass is 10.1. The number of rotatable bonds is 4. The molecule has 1 rings (SSSR count). The lowest BCUT2D eigenvalue weighted by Gasteiger charge is -2.00. The Morgan fingerprint density at radius 3 is 2.42 bits per heavy atom. The van der Waals surface area contributed by atoms with Gasteiger partial charge in [0, 0.05) is 13.7 Å². The Kier molecular flexibility index (Phi) is 3.81. The Hall–Kier alpha value is -0.820. The zero-order valence-electron chi connectivity index (χ0n) is 7.84. The van der Waals surface area contributed by atoms with Gasteiger partial charge in [0.25, 0.3) is 0 Å². The normalized spacial score (nSPS) is 10.2. The van der Waals surface area contributed by atoms with Crippen molar-refractivity contribution >= 4 is 0 Å². The first-order chi connectivity index (χ1) is 5.83. The molecule has 0 heterocycles. The van der Waals surface area contributed by atoms with E-state index < -0.39 is 0 Å². The Labute approximate surface area is 74.4 Å². The Balaban J connectivity index is 2.37. The van der Waals surface area contributed by atoms with E-state index in [1.165, 1.54) is 11.1 Å². The zero-order chi connectivity index (χ0) is 8.81. The number of aryl methyl sites for hydroxylation is 2. The molecule has 0 aromatic heterocycles. The third-order valence-electron chi connectivity index (χ3n) is 1.93. The first-order valence-electron chi connectivity index (χ1n) is 4.37. The van der Waals surface area contributed by atoms with Crippen LogP contribution in [-0.2, 0) is 11.2 Å². The van der Waals surface area contributed by atoms with Crippen LogP contribution in [0.1, 0.15) is 17.5 Å². The van der Waals surface area contributed by atoms with Crippen LogP contribution in [0.5, 0.6) is 0 Å². The van der Waals surface area contributed by atoms with E-state index >= 15 is 0 Å². The number of benzene rings is 1. The van der Waals surface area contributed by atoms with E-state index in [0.717, 1.165) is 19.4 Å². The van der Waals surface area contributed by atoms with Crippen molar-refractivity contribution in [1.82, 2.24) is 0 Å². The van der Waals surface area contributed by atoms with Gasteiger partial charge in [-0.3, -0.25) is 0 Å². The van der Waals surface area contributed by atoms with E-state index in [-0.39, 0.29) is 0 Å². The predicted molar refractivity (Wildman–Crippen MR) is 51.4 cm³/mol. The molecule has 0 amide bonds. The average Bonchev–Trinajstić information content (AvgIpc) is 2.09. The minimum atomic E-state index is 0.855. The van der Waals surface area contributed by atoms with Crippen LogP contribution in [0.15, 0.2) is 24.3 Å². The van der Waals surface area contributed by atoms with Crippen LogP contribution >= 0.6 is 0 Å². The molecule has 66 valence electrons. The van der Waals surface area contributed by atoms with E-state index in [1.54, 1.807) is 7.11 Å². The van der Waals surface area contributed by atoms with Crippen LogP contribution < -0.4 is 0 Å². The molecule has 0 spiro atoms. The summed E-state index contributed by atoms with van der Waals surface area (Å²) in [5.41, 5.74) is 2.73. The number of hydrogen-bond donors (Lipinski definition) is 0. The topological polar surface area (TPSA) is 9.23 Å². The molecular weight excluding hydrogens is 148 g/mol. The molecule has 0 saturated heterocycles. The fraction of sp³-hybridized carbons (Fsp3) is 0.455. The standard InChI is InChI=1S/C11H16O/c1-10-5-7-11(8-6-10)4-3-9-12-2/h5-8H,3-4,9H2,1-2H3. The van der Waals surface area contributed by atoms with Crippen LogP contribution in [0, 0.1) is 6.92 Å². The van der Waals surface area contributed by atoms with Gasteiger partial charge in [0.1, 0.15) is 0 Å². The van der Waals surface area contributed by atoms with Gasteiger partial charge in [-0.1, -0.05) is 29.8 Å². The largest absolute Gasteiger partial charge is 0.385 e. The third kappa shape index (κ3) is 3.05. The van der Waals surface area contributed by atoms with Gasteiger partial charge in [0.15, 0.2) is 0 Å². The third-order valence-corrected chi connectivity index (χ3v) is 1.93. The van der Waals surface area contributed by atoms with Crippen molar-refractivity contribution in [2.45, 2.75) is 19.8 Å². The van der Waals surface area contributed by atoms with Gasteiger partial charge in [0.2, 0.25) is 0 Å². The second kappa shape index (κ2) is 4.94. The molecule has 12 heavy (non-hydrogen) atoms. The summed E-state index contributed by atoms with van der Waals surface area (Å²) in [6, 6.07) is 8.68. The number of ether oxygens (including phenoxy) is 1. The second-order valence-corrected chi connectivity index (χ2v) is 3.08. The summed E-state index contributed by atoms with van der Waals surface area (Å²) >= 11 is 0. The fourth-order valence-electron chi connectivity index (χ4n) is 1.18. The molecule has 0 saturated carbocycles. The van der Waals surface area contributed by atoms with Gasteiger partial charge in [0.05, 0.1) is 0 Å². The van der Waals surface area contributed by atoms with Crippen LogP contribution in [0.3, 0.4) is 0 Å². The van der Waals surface area contributed by atoms with E-state index in [2.05, 4.69) is 31.2 Å². The Morgan fingerprint density at radius 2 is 1.83 bits per heavy atom. The van der Waals surface area contributed by atoms with Gasteiger partial charge >= 0.3 is 0 Å². The molecule has 1 heteroatoms. The van der Waals surface area contributed by atoms with Crippen molar-refractivity contribution in [2.75, 3.05) is 13.7 Å². The van der Waals surface area contributed by atoms with Crippen molar-refractivity contribution in [1.29, 1.82) is 0 Å². The summed E-state index contributed by atoms with van der Waals surface area (Å²) < 4.78 is 4.99. The quantitative estimate of drug-likeness (QED) is 0.621. The minimum absolute atomic E-state index is 0.855. The van der Waals surface area contributed by atoms with Gasteiger partial charge in [-0.2, -0.15) is 0 Å². The van der Waals surface area contributed by atoms with E-state index in [9.17, 15) is 0 Å². The van der Waals surface area contributed by atoms with Crippen molar-refractivity contribution in [2.24, 2.45) is 0 Å². The molecule has 0 N–H and O–H groups in total. The van der Waals surface area contributed by atoms with Crippen molar-refractivity contribution in [3.05, 3.63) is 35.4 Å². The lowest BCUT2D eigenvalue weighted by Crippen LogP contribution is -1.92. The highest BCUT2D eigenvalue weighted by molar-refractivity contribution is 5.21. The van der Waals surface area contributed by atoms with Gasteiger partial charge < -0.3 is 4.74 Å². The van der Waals surface area contributed by atoms with E-state index in [1.807, 2.05) is 0 Å². The first kappa shape index (κ1) is 9.27. The summed E-state index contributed by atoms with van der Waals surface area (Å²) in [7, 11) is 1.75. The van der Waals surface area contributed by atoms with Crippen LogP contribution in [-0.4, -0.2) is 13.7 Å². The molecule has 0 unspecified atom stereocenters.